The number of halogens is 1. The minimum Gasteiger partial charge on any atom is -0.319 e. The zero-order valence-electron chi connectivity index (χ0n) is 17.7. The number of rotatable bonds is 4. The molecular formula is C25H20ClN3O3S. The van der Waals surface area contributed by atoms with Gasteiger partial charge < -0.3 is 5.32 Å². The van der Waals surface area contributed by atoms with Gasteiger partial charge in [-0.05, 0) is 48.4 Å². The Labute approximate surface area is 200 Å². The Morgan fingerprint density at radius 1 is 0.939 bits per heavy atom. The lowest BCUT2D eigenvalue weighted by atomic mass is 9.87. The molecule has 1 fully saturated rings. The maximum absolute atomic E-state index is 13.6. The fourth-order valence-electron chi connectivity index (χ4n) is 4.32. The van der Waals surface area contributed by atoms with Crippen LogP contribution in [0.4, 0.5) is 16.2 Å². The number of urea groups is 1. The van der Waals surface area contributed by atoms with Gasteiger partial charge in [0.15, 0.2) is 0 Å². The van der Waals surface area contributed by atoms with E-state index in [2.05, 4.69) is 5.32 Å². The zero-order valence-corrected chi connectivity index (χ0v) is 19.3. The highest BCUT2D eigenvalue weighted by molar-refractivity contribution is 7.99. The minimum absolute atomic E-state index is 0.343. The highest BCUT2D eigenvalue weighted by Gasteiger charge is 2.52. The molecule has 6 nitrogen and oxygen atoms in total. The molecule has 4 amide bonds. The van der Waals surface area contributed by atoms with Crippen LogP contribution in [0.25, 0.3) is 0 Å². The van der Waals surface area contributed by atoms with Crippen LogP contribution in [0, 0.1) is 0 Å². The van der Waals surface area contributed by atoms with Crippen LogP contribution < -0.4 is 10.2 Å². The van der Waals surface area contributed by atoms with Crippen molar-refractivity contribution in [2.45, 2.75) is 28.7 Å². The molecule has 3 aromatic carbocycles. The van der Waals surface area contributed by atoms with E-state index in [9.17, 15) is 14.4 Å². The lowest BCUT2D eigenvalue weighted by Gasteiger charge is -2.32. The van der Waals surface area contributed by atoms with Crippen LogP contribution >= 0.6 is 23.4 Å². The predicted octanol–water partition coefficient (Wildman–Crippen LogP) is 5.33. The lowest BCUT2D eigenvalue weighted by molar-refractivity contribution is -0.134. The first kappa shape index (κ1) is 21.6. The highest BCUT2D eigenvalue weighted by atomic mass is 35.5. The second kappa shape index (κ2) is 8.24. The van der Waals surface area contributed by atoms with Gasteiger partial charge in [0, 0.05) is 14.8 Å². The largest absolute Gasteiger partial charge is 0.325 e. The van der Waals surface area contributed by atoms with E-state index in [1.54, 1.807) is 40.9 Å². The molecule has 1 N–H and O–H groups in total. The van der Waals surface area contributed by atoms with Crippen LogP contribution in [0.15, 0.2) is 82.6 Å². The predicted molar refractivity (Wildman–Crippen MR) is 128 cm³/mol. The SMILES string of the molecule is CCC1(c2ccc(Cl)cc2)NC(=O)N(CC(=O)N2c3ccccc3Sc3ccccc32)C1=O. The molecule has 0 spiro atoms. The van der Waals surface area contributed by atoms with Crippen LogP contribution in [0.3, 0.4) is 0 Å². The normalized spacial score (nSPS) is 19.2. The van der Waals surface area contributed by atoms with E-state index < -0.39 is 17.5 Å². The lowest BCUT2D eigenvalue weighted by Crippen LogP contribution is -2.45. The van der Waals surface area contributed by atoms with Crippen molar-refractivity contribution in [3.63, 3.8) is 0 Å². The summed E-state index contributed by atoms with van der Waals surface area (Å²) in [5.41, 5.74) is 0.873. The first-order valence-electron chi connectivity index (χ1n) is 10.5. The topological polar surface area (TPSA) is 69.7 Å². The minimum atomic E-state index is -1.23. The van der Waals surface area contributed by atoms with Crippen LogP contribution in [0.5, 0.6) is 0 Å². The van der Waals surface area contributed by atoms with E-state index in [1.165, 1.54) is 0 Å². The van der Waals surface area contributed by atoms with E-state index in [0.29, 0.717) is 17.0 Å². The molecule has 8 heteroatoms. The fourth-order valence-corrected chi connectivity index (χ4v) is 5.51. The molecule has 5 rings (SSSR count). The quantitative estimate of drug-likeness (QED) is 0.516. The standard InChI is InChI=1S/C25H20ClN3O3S/c1-2-25(16-11-13-17(26)14-12-16)23(31)28(24(32)27-25)15-22(30)29-18-7-3-5-9-20(18)33-21-10-6-4-8-19(21)29/h3-14H,2,15H2,1H3,(H,27,32). The molecule has 1 saturated heterocycles. The number of hydrogen-bond acceptors (Lipinski definition) is 4. The van der Waals surface area contributed by atoms with Gasteiger partial charge in [0.05, 0.1) is 11.4 Å². The van der Waals surface area contributed by atoms with Crippen molar-refractivity contribution in [1.82, 2.24) is 10.2 Å². The van der Waals surface area contributed by atoms with Crippen LogP contribution in [-0.4, -0.2) is 29.3 Å². The van der Waals surface area contributed by atoms with Crippen molar-refractivity contribution < 1.29 is 14.4 Å². The van der Waals surface area contributed by atoms with Gasteiger partial charge in [-0.15, -0.1) is 0 Å². The van der Waals surface area contributed by atoms with Gasteiger partial charge in [-0.1, -0.05) is 66.7 Å². The average Bonchev–Trinajstić information content (AvgIpc) is 3.08. The summed E-state index contributed by atoms with van der Waals surface area (Å²) in [5.74, 6) is -0.805. The Bertz CT molecular complexity index is 1230. The van der Waals surface area contributed by atoms with E-state index in [0.717, 1.165) is 26.1 Å². The molecule has 0 aliphatic carbocycles. The molecule has 166 valence electrons. The van der Waals surface area contributed by atoms with Gasteiger partial charge in [0.25, 0.3) is 11.8 Å². The molecule has 2 heterocycles. The van der Waals surface area contributed by atoms with E-state index >= 15 is 0 Å². The van der Waals surface area contributed by atoms with Crippen LogP contribution in [0.2, 0.25) is 5.02 Å². The van der Waals surface area contributed by atoms with Crippen LogP contribution in [0.1, 0.15) is 18.9 Å². The number of fused-ring (bicyclic) bond motifs is 2. The van der Waals surface area contributed by atoms with Crippen LogP contribution in [-0.2, 0) is 15.1 Å². The van der Waals surface area contributed by atoms with Gasteiger partial charge in [-0.2, -0.15) is 0 Å². The van der Waals surface area contributed by atoms with Gasteiger partial charge in [0.1, 0.15) is 12.1 Å². The molecule has 0 radical (unpaired) electrons. The molecule has 1 atom stereocenters. The zero-order chi connectivity index (χ0) is 23.2. The van der Waals surface area contributed by atoms with E-state index in [-0.39, 0.29) is 12.5 Å². The van der Waals surface area contributed by atoms with Gasteiger partial charge in [-0.3, -0.25) is 19.4 Å². The van der Waals surface area contributed by atoms with E-state index in [4.69, 9.17) is 11.6 Å². The number of amides is 4. The molecule has 0 saturated carbocycles. The van der Waals surface area contributed by atoms with Crippen molar-refractivity contribution >= 4 is 52.6 Å². The van der Waals surface area contributed by atoms with Crippen molar-refractivity contribution in [2.24, 2.45) is 0 Å². The summed E-state index contributed by atoms with van der Waals surface area (Å²) >= 11 is 7.59. The van der Waals surface area contributed by atoms with Crippen molar-refractivity contribution in [2.75, 3.05) is 11.4 Å². The molecule has 33 heavy (non-hydrogen) atoms. The second-order valence-electron chi connectivity index (χ2n) is 7.85. The smallest absolute Gasteiger partial charge is 0.319 e. The molecule has 0 bridgehead atoms. The average molecular weight is 478 g/mol. The summed E-state index contributed by atoms with van der Waals surface area (Å²) in [6, 6.07) is 21.4. The Balaban J connectivity index is 1.48. The Kier molecular flexibility index (Phi) is 5.38. The third-order valence-electron chi connectivity index (χ3n) is 6.02. The number of hydrogen-bond donors (Lipinski definition) is 1. The Hall–Kier alpha value is -3.29. The molecular weight excluding hydrogens is 458 g/mol. The van der Waals surface area contributed by atoms with Crippen molar-refractivity contribution in [3.05, 3.63) is 83.4 Å². The number of carbonyl (C=O) groups is 3. The number of para-hydroxylation sites is 2. The number of imide groups is 1. The maximum Gasteiger partial charge on any atom is 0.325 e. The molecule has 2 aliphatic heterocycles. The van der Waals surface area contributed by atoms with Gasteiger partial charge in [0.2, 0.25) is 0 Å². The first-order chi connectivity index (χ1) is 15.9. The molecule has 3 aromatic rings. The second-order valence-corrected chi connectivity index (χ2v) is 9.37. The van der Waals surface area contributed by atoms with Gasteiger partial charge in [-0.25, -0.2) is 4.79 Å². The number of nitrogens with one attached hydrogen (secondary N) is 1. The Morgan fingerprint density at radius 3 is 2.09 bits per heavy atom. The van der Waals surface area contributed by atoms with E-state index in [1.807, 2.05) is 55.5 Å². The number of benzene rings is 3. The molecule has 0 aromatic heterocycles. The van der Waals surface area contributed by atoms with Gasteiger partial charge >= 0.3 is 6.03 Å². The fraction of sp³-hybridized carbons (Fsp3) is 0.160. The summed E-state index contributed by atoms with van der Waals surface area (Å²) in [4.78, 5) is 44.4. The summed E-state index contributed by atoms with van der Waals surface area (Å²) in [6.45, 7) is 1.46. The summed E-state index contributed by atoms with van der Waals surface area (Å²) in [6.07, 6.45) is 0.343. The summed E-state index contributed by atoms with van der Waals surface area (Å²) in [7, 11) is 0. The monoisotopic (exact) mass is 477 g/mol. The maximum atomic E-state index is 13.6. The highest BCUT2D eigenvalue weighted by Crippen LogP contribution is 2.48. The first-order valence-corrected chi connectivity index (χ1v) is 11.7. The number of carbonyl (C=O) groups excluding carboxylic acids is 3. The molecule has 1 unspecified atom stereocenters. The van der Waals surface area contributed by atoms with Crippen molar-refractivity contribution in [1.29, 1.82) is 0 Å². The summed E-state index contributed by atoms with van der Waals surface area (Å²) in [5, 5.41) is 3.35. The third kappa shape index (κ3) is 3.48. The number of anilines is 2. The third-order valence-corrected chi connectivity index (χ3v) is 7.40. The molecule has 2 aliphatic rings. The number of nitrogens with zero attached hydrogens (tertiary/aromatic N) is 2. The summed E-state index contributed by atoms with van der Waals surface area (Å²) < 4.78 is 0. The Morgan fingerprint density at radius 2 is 1.52 bits per heavy atom. The van der Waals surface area contributed by atoms with Crippen molar-refractivity contribution in [3.8, 4) is 0 Å².